The molecular formula is C23H30O5. The van der Waals surface area contributed by atoms with Crippen molar-refractivity contribution in [3.05, 3.63) is 60.1 Å². The third-order valence-corrected chi connectivity index (χ3v) is 5.44. The van der Waals surface area contributed by atoms with Gasteiger partial charge in [-0.3, -0.25) is 0 Å². The lowest BCUT2D eigenvalue weighted by Gasteiger charge is -2.23. The smallest absolute Gasteiger partial charge is 0.163 e. The molecule has 28 heavy (non-hydrogen) atoms. The Bertz CT molecular complexity index is 712. The van der Waals surface area contributed by atoms with E-state index in [4.69, 9.17) is 23.4 Å². The minimum Gasteiger partial charge on any atom is -0.469 e. The predicted molar refractivity (Wildman–Crippen MR) is 105 cm³/mol. The zero-order valence-corrected chi connectivity index (χ0v) is 16.7. The fraction of sp³-hybridized carbons (Fsp3) is 0.565. The lowest BCUT2D eigenvalue weighted by molar-refractivity contribution is -0.144. The van der Waals surface area contributed by atoms with Crippen LogP contribution < -0.4 is 0 Å². The Morgan fingerprint density at radius 3 is 2.64 bits per heavy atom. The van der Waals surface area contributed by atoms with Crippen molar-refractivity contribution >= 4 is 0 Å². The molecule has 1 unspecified atom stereocenters. The highest BCUT2D eigenvalue weighted by Gasteiger charge is 2.41. The van der Waals surface area contributed by atoms with Crippen molar-refractivity contribution in [2.45, 2.75) is 76.3 Å². The van der Waals surface area contributed by atoms with Gasteiger partial charge in [-0.2, -0.15) is 0 Å². The van der Waals surface area contributed by atoms with Crippen LogP contribution in [0.2, 0.25) is 0 Å². The average molecular weight is 386 g/mol. The molecule has 0 amide bonds. The molecule has 0 radical (unpaired) electrons. The van der Waals surface area contributed by atoms with Gasteiger partial charge in [0, 0.05) is 19.3 Å². The van der Waals surface area contributed by atoms with Crippen LogP contribution in [0.25, 0.3) is 0 Å². The highest BCUT2D eigenvalue weighted by molar-refractivity contribution is 5.13. The van der Waals surface area contributed by atoms with Crippen molar-refractivity contribution in [3.63, 3.8) is 0 Å². The van der Waals surface area contributed by atoms with E-state index in [-0.39, 0.29) is 24.4 Å². The molecule has 5 nitrogen and oxygen atoms in total. The zero-order chi connectivity index (χ0) is 19.4. The number of ether oxygens (including phenoxy) is 4. The molecule has 0 spiro atoms. The lowest BCUT2D eigenvalue weighted by Crippen LogP contribution is -2.30. The van der Waals surface area contributed by atoms with Crippen LogP contribution in [0.15, 0.2) is 53.1 Å². The van der Waals surface area contributed by atoms with Crippen molar-refractivity contribution in [1.29, 1.82) is 0 Å². The third kappa shape index (κ3) is 5.23. The highest BCUT2D eigenvalue weighted by Crippen LogP contribution is 2.33. The van der Waals surface area contributed by atoms with E-state index in [1.165, 1.54) is 5.56 Å². The molecule has 0 N–H and O–H groups in total. The summed E-state index contributed by atoms with van der Waals surface area (Å²) in [4.78, 5) is 0. The molecule has 2 fully saturated rings. The molecule has 0 bridgehead atoms. The van der Waals surface area contributed by atoms with Crippen LogP contribution in [0.4, 0.5) is 0 Å². The molecule has 3 heterocycles. The second-order valence-electron chi connectivity index (χ2n) is 8.17. The Balaban J connectivity index is 1.35. The van der Waals surface area contributed by atoms with Crippen LogP contribution in [0.3, 0.4) is 0 Å². The van der Waals surface area contributed by atoms with E-state index >= 15 is 0 Å². The Kier molecular flexibility index (Phi) is 6.16. The first-order valence-electron chi connectivity index (χ1n) is 10.2. The van der Waals surface area contributed by atoms with E-state index in [1.807, 2.05) is 44.2 Å². The monoisotopic (exact) mass is 386 g/mol. The Morgan fingerprint density at radius 2 is 1.93 bits per heavy atom. The largest absolute Gasteiger partial charge is 0.469 e. The van der Waals surface area contributed by atoms with Gasteiger partial charge < -0.3 is 23.4 Å². The molecule has 2 aromatic rings. The second kappa shape index (κ2) is 8.78. The first kappa shape index (κ1) is 19.6. The Hall–Kier alpha value is -1.66. The summed E-state index contributed by atoms with van der Waals surface area (Å²) in [7, 11) is 0. The molecule has 2 aliphatic rings. The average Bonchev–Trinajstić information content (AvgIpc) is 3.40. The summed E-state index contributed by atoms with van der Waals surface area (Å²) in [6.45, 7) is 5.12. The lowest BCUT2D eigenvalue weighted by atomic mass is 10.0. The van der Waals surface area contributed by atoms with E-state index in [1.54, 1.807) is 6.26 Å². The van der Waals surface area contributed by atoms with Gasteiger partial charge in [0.2, 0.25) is 0 Å². The Labute approximate surface area is 166 Å². The quantitative estimate of drug-likeness (QED) is 0.669. The molecule has 0 aliphatic carbocycles. The summed E-state index contributed by atoms with van der Waals surface area (Å²) in [5.41, 5.74) is 1.18. The summed E-state index contributed by atoms with van der Waals surface area (Å²) < 4.78 is 29.9. The van der Waals surface area contributed by atoms with E-state index in [2.05, 4.69) is 12.1 Å². The van der Waals surface area contributed by atoms with Crippen LogP contribution in [0.1, 0.15) is 44.4 Å². The van der Waals surface area contributed by atoms with Gasteiger partial charge in [-0.1, -0.05) is 30.3 Å². The summed E-state index contributed by atoms with van der Waals surface area (Å²) in [6.07, 6.45) is 5.53. The van der Waals surface area contributed by atoms with Gasteiger partial charge in [-0.05, 0) is 38.0 Å². The van der Waals surface area contributed by atoms with Crippen molar-refractivity contribution < 1.29 is 23.4 Å². The Morgan fingerprint density at radius 1 is 1.07 bits per heavy atom. The van der Waals surface area contributed by atoms with Gasteiger partial charge in [-0.15, -0.1) is 0 Å². The highest BCUT2D eigenvalue weighted by atomic mass is 16.7. The number of hydrogen-bond donors (Lipinski definition) is 0. The standard InChI is InChI=1S/C23H30O5/c1-23(2)26-16-20(28-23)14-22-21(25-15-17-7-4-3-5-8-17)13-19(27-22)11-10-18-9-6-12-24-18/h3-9,12,19-22H,10-11,13-16H2,1-2H3/t19-,20?,21+,22+/m0/s1. The fourth-order valence-corrected chi connectivity index (χ4v) is 4.04. The summed E-state index contributed by atoms with van der Waals surface area (Å²) in [6, 6.07) is 14.2. The second-order valence-corrected chi connectivity index (χ2v) is 8.17. The SMILES string of the molecule is CC1(C)OCC(C[C@H]2O[C@@H](CCc3ccco3)C[C@H]2OCc2ccccc2)O1. The van der Waals surface area contributed by atoms with Crippen LogP contribution in [-0.2, 0) is 32.0 Å². The topological polar surface area (TPSA) is 50.1 Å². The first-order valence-corrected chi connectivity index (χ1v) is 10.2. The van der Waals surface area contributed by atoms with Gasteiger partial charge in [0.1, 0.15) is 5.76 Å². The van der Waals surface area contributed by atoms with Crippen molar-refractivity contribution in [2.24, 2.45) is 0 Å². The molecule has 2 saturated heterocycles. The summed E-state index contributed by atoms with van der Waals surface area (Å²) in [5, 5.41) is 0. The fourth-order valence-electron chi connectivity index (χ4n) is 4.04. The first-order chi connectivity index (χ1) is 13.6. The maximum atomic E-state index is 6.39. The van der Waals surface area contributed by atoms with Gasteiger partial charge in [-0.25, -0.2) is 0 Å². The molecule has 0 saturated carbocycles. The van der Waals surface area contributed by atoms with Crippen molar-refractivity contribution in [1.82, 2.24) is 0 Å². The summed E-state index contributed by atoms with van der Waals surface area (Å²) in [5.74, 6) is 0.491. The minimum atomic E-state index is -0.512. The molecule has 5 heteroatoms. The van der Waals surface area contributed by atoms with Crippen LogP contribution in [0.5, 0.6) is 0 Å². The number of hydrogen-bond acceptors (Lipinski definition) is 5. The van der Waals surface area contributed by atoms with E-state index in [9.17, 15) is 0 Å². The maximum absolute atomic E-state index is 6.39. The normalized spacial score (nSPS) is 29.4. The number of benzene rings is 1. The molecule has 1 aromatic carbocycles. The van der Waals surface area contributed by atoms with Gasteiger partial charge in [0.05, 0.1) is 43.9 Å². The van der Waals surface area contributed by atoms with E-state index in [0.717, 1.165) is 31.4 Å². The third-order valence-electron chi connectivity index (χ3n) is 5.44. The van der Waals surface area contributed by atoms with Gasteiger partial charge in [0.25, 0.3) is 0 Å². The number of furan rings is 1. The van der Waals surface area contributed by atoms with Crippen LogP contribution >= 0.6 is 0 Å². The zero-order valence-electron chi connectivity index (χ0n) is 16.7. The molecule has 1 aromatic heterocycles. The van der Waals surface area contributed by atoms with E-state index in [0.29, 0.717) is 13.2 Å². The van der Waals surface area contributed by atoms with Crippen molar-refractivity contribution in [2.75, 3.05) is 6.61 Å². The van der Waals surface area contributed by atoms with E-state index < -0.39 is 5.79 Å². The van der Waals surface area contributed by atoms with Crippen LogP contribution in [-0.4, -0.2) is 36.8 Å². The summed E-state index contributed by atoms with van der Waals surface area (Å²) >= 11 is 0. The predicted octanol–water partition coefficient (Wildman–Crippen LogP) is 4.50. The van der Waals surface area contributed by atoms with Crippen molar-refractivity contribution in [3.8, 4) is 0 Å². The number of rotatable bonds is 8. The molecule has 4 rings (SSSR count). The van der Waals surface area contributed by atoms with Crippen LogP contribution in [0, 0.1) is 0 Å². The minimum absolute atomic E-state index is 0.0211. The molecule has 4 atom stereocenters. The molecule has 152 valence electrons. The van der Waals surface area contributed by atoms with Gasteiger partial charge >= 0.3 is 0 Å². The van der Waals surface area contributed by atoms with Gasteiger partial charge in [0.15, 0.2) is 5.79 Å². The maximum Gasteiger partial charge on any atom is 0.163 e. The molecular weight excluding hydrogens is 356 g/mol. The molecule has 2 aliphatic heterocycles. The number of aryl methyl sites for hydroxylation is 1.